The summed E-state index contributed by atoms with van der Waals surface area (Å²) in [7, 11) is 0. The fraction of sp³-hybridized carbons (Fsp3) is 0.533. The summed E-state index contributed by atoms with van der Waals surface area (Å²) in [5, 5.41) is 0. The molecule has 0 saturated carbocycles. The summed E-state index contributed by atoms with van der Waals surface area (Å²) in [5.41, 5.74) is 7.17. The van der Waals surface area contributed by atoms with E-state index in [4.69, 9.17) is 5.73 Å². The van der Waals surface area contributed by atoms with Gasteiger partial charge in [0, 0.05) is 16.2 Å². The molecule has 1 amide bonds. The van der Waals surface area contributed by atoms with Crippen LogP contribution in [0.15, 0.2) is 24.3 Å². The number of nitrogens with two attached hydrogens (primary N) is 1. The van der Waals surface area contributed by atoms with Crippen molar-refractivity contribution in [1.29, 1.82) is 0 Å². The highest BCUT2D eigenvalue weighted by Gasteiger charge is 2.25. The van der Waals surface area contributed by atoms with Gasteiger partial charge in [-0.1, -0.05) is 32.0 Å². The molecule has 106 valence electrons. The number of carbonyl (C=O) groups is 1. The van der Waals surface area contributed by atoms with Gasteiger partial charge in [0.25, 0.3) is 0 Å². The quantitative estimate of drug-likeness (QED) is 0.806. The average Bonchev–Trinajstić information content (AvgIpc) is 2.35. The van der Waals surface area contributed by atoms with Crippen molar-refractivity contribution in [3.05, 3.63) is 33.4 Å². The fourth-order valence-electron chi connectivity index (χ4n) is 1.80. The van der Waals surface area contributed by atoms with Gasteiger partial charge >= 0.3 is 0 Å². The molecule has 19 heavy (non-hydrogen) atoms. The maximum absolute atomic E-state index is 12.4. The van der Waals surface area contributed by atoms with Crippen LogP contribution in [0.5, 0.6) is 0 Å². The minimum atomic E-state index is -0.427. The van der Waals surface area contributed by atoms with Crippen molar-refractivity contribution in [1.82, 2.24) is 4.90 Å². The van der Waals surface area contributed by atoms with Crippen LogP contribution in [-0.2, 0) is 11.3 Å². The van der Waals surface area contributed by atoms with E-state index < -0.39 is 6.04 Å². The summed E-state index contributed by atoms with van der Waals surface area (Å²) in [6, 6.07) is 7.85. The first kappa shape index (κ1) is 16.4. The van der Waals surface area contributed by atoms with Gasteiger partial charge in [0.2, 0.25) is 5.91 Å². The molecule has 0 aliphatic rings. The van der Waals surface area contributed by atoms with Crippen molar-refractivity contribution in [3.8, 4) is 0 Å². The molecule has 3 nitrogen and oxygen atoms in total. The van der Waals surface area contributed by atoms with Crippen LogP contribution in [0.4, 0.5) is 0 Å². The lowest BCUT2D eigenvalue weighted by Gasteiger charge is -2.31. The van der Waals surface area contributed by atoms with Crippen LogP contribution in [0.1, 0.15) is 33.3 Å². The summed E-state index contributed by atoms with van der Waals surface area (Å²) in [4.78, 5) is 14.3. The Balaban J connectivity index is 2.91. The number of amides is 1. The molecule has 0 aliphatic carbocycles. The lowest BCUT2D eigenvalue weighted by molar-refractivity contribution is -0.136. The molecule has 1 aromatic carbocycles. The van der Waals surface area contributed by atoms with Crippen molar-refractivity contribution in [2.75, 3.05) is 0 Å². The zero-order valence-electron chi connectivity index (χ0n) is 12.1. The molecule has 2 N–H and O–H groups in total. The van der Waals surface area contributed by atoms with E-state index in [0.29, 0.717) is 6.54 Å². The smallest absolute Gasteiger partial charge is 0.240 e. The van der Waals surface area contributed by atoms with Crippen LogP contribution in [0, 0.1) is 9.49 Å². The number of nitrogens with zero attached hydrogens (tertiary/aromatic N) is 1. The van der Waals surface area contributed by atoms with Crippen LogP contribution in [0.25, 0.3) is 0 Å². The summed E-state index contributed by atoms with van der Waals surface area (Å²) in [6.07, 6.45) is 0. The van der Waals surface area contributed by atoms with Crippen LogP contribution in [0.2, 0.25) is 0 Å². The van der Waals surface area contributed by atoms with E-state index >= 15 is 0 Å². The topological polar surface area (TPSA) is 46.3 Å². The molecule has 1 rings (SSSR count). The Hall–Kier alpha value is -0.620. The maximum Gasteiger partial charge on any atom is 0.240 e. The van der Waals surface area contributed by atoms with E-state index in [1.165, 1.54) is 9.13 Å². The Morgan fingerprint density at radius 2 is 1.84 bits per heavy atom. The second-order valence-electron chi connectivity index (χ2n) is 5.42. The Bertz CT molecular complexity index is 432. The zero-order chi connectivity index (χ0) is 14.6. The summed E-state index contributed by atoms with van der Waals surface area (Å²) >= 11 is 2.30. The molecule has 1 aromatic rings. The summed E-state index contributed by atoms with van der Waals surface area (Å²) < 4.78 is 1.18. The van der Waals surface area contributed by atoms with E-state index in [9.17, 15) is 4.79 Å². The van der Waals surface area contributed by atoms with E-state index in [1.54, 1.807) is 0 Å². The lowest BCUT2D eigenvalue weighted by Crippen LogP contribution is -2.48. The zero-order valence-corrected chi connectivity index (χ0v) is 14.2. The highest BCUT2D eigenvalue weighted by atomic mass is 127. The Morgan fingerprint density at radius 1 is 1.26 bits per heavy atom. The van der Waals surface area contributed by atoms with Crippen LogP contribution in [0.3, 0.4) is 0 Å². The molecular formula is C15H23IN2O. The maximum atomic E-state index is 12.4. The van der Waals surface area contributed by atoms with Crippen molar-refractivity contribution in [2.45, 2.75) is 46.3 Å². The van der Waals surface area contributed by atoms with Gasteiger partial charge in [-0.15, -0.1) is 0 Å². The normalized spacial score (nSPS) is 12.8. The van der Waals surface area contributed by atoms with Gasteiger partial charge in [-0.2, -0.15) is 0 Å². The third-order valence-corrected chi connectivity index (χ3v) is 4.26. The molecule has 0 fully saturated rings. The van der Waals surface area contributed by atoms with E-state index in [2.05, 4.69) is 34.7 Å². The molecule has 0 saturated heterocycles. The van der Waals surface area contributed by atoms with Gasteiger partial charge in [0.05, 0.1) is 6.04 Å². The minimum absolute atomic E-state index is 0.0321. The molecule has 1 atom stereocenters. The van der Waals surface area contributed by atoms with E-state index in [0.717, 1.165) is 0 Å². The van der Waals surface area contributed by atoms with Gasteiger partial charge < -0.3 is 10.6 Å². The third kappa shape index (κ3) is 4.45. The molecule has 0 aromatic heterocycles. The molecule has 0 aliphatic heterocycles. The van der Waals surface area contributed by atoms with Gasteiger partial charge in [-0.3, -0.25) is 4.79 Å². The molecule has 0 heterocycles. The highest BCUT2D eigenvalue weighted by Crippen LogP contribution is 2.17. The second kappa shape index (κ2) is 7.24. The van der Waals surface area contributed by atoms with Crippen molar-refractivity contribution in [2.24, 2.45) is 11.7 Å². The molecular weight excluding hydrogens is 351 g/mol. The molecule has 1 unspecified atom stereocenters. The summed E-state index contributed by atoms with van der Waals surface area (Å²) in [6.45, 7) is 8.64. The van der Waals surface area contributed by atoms with Crippen molar-refractivity contribution in [3.63, 3.8) is 0 Å². The van der Waals surface area contributed by atoms with Gasteiger partial charge in [-0.05, 0) is 54.0 Å². The molecule has 0 bridgehead atoms. The van der Waals surface area contributed by atoms with Crippen LogP contribution in [-0.4, -0.2) is 22.9 Å². The van der Waals surface area contributed by atoms with Gasteiger partial charge in [-0.25, -0.2) is 0 Å². The highest BCUT2D eigenvalue weighted by molar-refractivity contribution is 14.1. The standard InChI is InChI=1S/C15H23IN2O/c1-10(2)14(17)15(19)18(11(3)4)9-12-7-5-6-8-13(12)16/h5-8,10-11,14H,9,17H2,1-4H3. The minimum Gasteiger partial charge on any atom is -0.335 e. The van der Waals surface area contributed by atoms with Crippen LogP contribution < -0.4 is 5.73 Å². The van der Waals surface area contributed by atoms with Gasteiger partial charge in [0.15, 0.2) is 0 Å². The van der Waals surface area contributed by atoms with E-state index in [1.807, 2.05) is 44.7 Å². The second-order valence-corrected chi connectivity index (χ2v) is 6.58. The number of hydrogen-bond acceptors (Lipinski definition) is 2. The summed E-state index contributed by atoms with van der Waals surface area (Å²) in [5.74, 6) is 0.188. The van der Waals surface area contributed by atoms with Crippen molar-refractivity contribution >= 4 is 28.5 Å². The average molecular weight is 374 g/mol. The first-order valence-electron chi connectivity index (χ1n) is 6.64. The largest absolute Gasteiger partial charge is 0.335 e. The predicted molar refractivity (Wildman–Crippen MR) is 87.7 cm³/mol. The molecule has 4 heteroatoms. The number of rotatable bonds is 5. The SMILES string of the molecule is CC(C)C(N)C(=O)N(Cc1ccccc1I)C(C)C. The number of hydrogen-bond donors (Lipinski definition) is 1. The number of carbonyl (C=O) groups excluding carboxylic acids is 1. The fourth-order valence-corrected chi connectivity index (χ4v) is 2.36. The predicted octanol–water partition coefficient (Wildman–Crippen LogP) is 3.01. The third-order valence-electron chi connectivity index (χ3n) is 3.21. The monoisotopic (exact) mass is 374 g/mol. The Kier molecular flexibility index (Phi) is 6.26. The van der Waals surface area contributed by atoms with Crippen molar-refractivity contribution < 1.29 is 4.79 Å². The Morgan fingerprint density at radius 3 is 2.32 bits per heavy atom. The molecule has 0 spiro atoms. The number of benzene rings is 1. The number of halogens is 1. The molecule has 0 radical (unpaired) electrons. The van der Waals surface area contributed by atoms with Gasteiger partial charge in [0.1, 0.15) is 0 Å². The Labute approximate surface area is 129 Å². The van der Waals surface area contributed by atoms with Crippen LogP contribution >= 0.6 is 22.6 Å². The lowest BCUT2D eigenvalue weighted by atomic mass is 10.0. The van der Waals surface area contributed by atoms with E-state index in [-0.39, 0.29) is 17.9 Å². The first-order valence-corrected chi connectivity index (χ1v) is 7.72. The first-order chi connectivity index (χ1) is 8.84.